The van der Waals surface area contributed by atoms with Crippen LogP contribution in [0.15, 0.2) is 57.6 Å². The van der Waals surface area contributed by atoms with Gasteiger partial charge in [0.05, 0.1) is 5.56 Å². The Balaban J connectivity index is 1.74. The Hall–Kier alpha value is -2.55. The number of amides is 1. The molecule has 1 aliphatic carbocycles. The van der Waals surface area contributed by atoms with Gasteiger partial charge < -0.3 is 9.73 Å². The minimum Gasteiger partial charge on any atom is -0.456 e. The molecule has 1 atom stereocenters. The summed E-state index contributed by atoms with van der Waals surface area (Å²) in [7, 11) is 0. The summed E-state index contributed by atoms with van der Waals surface area (Å²) in [6.07, 6.45) is 16.0. The van der Waals surface area contributed by atoms with Crippen LogP contribution in [-0.4, -0.2) is 12.5 Å². The van der Waals surface area contributed by atoms with Gasteiger partial charge in [0.2, 0.25) is 0 Å². The van der Waals surface area contributed by atoms with E-state index in [1.807, 2.05) is 30.3 Å². The maximum Gasteiger partial charge on any atom is 0.255 e. The van der Waals surface area contributed by atoms with Crippen molar-refractivity contribution < 1.29 is 9.21 Å². The van der Waals surface area contributed by atoms with E-state index >= 15 is 0 Å². The molecule has 1 N–H and O–H groups in total. The normalized spacial score (nSPS) is 17.4. The van der Waals surface area contributed by atoms with Crippen LogP contribution < -0.4 is 5.32 Å². The average molecular weight is 476 g/mol. The summed E-state index contributed by atoms with van der Waals surface area (Å²) < 4.78 is 6.15. The van der Waals surface area contributed by atoms with Gasteiger partial charge in [-0.05, 0) is 74.2 Å². The predicted molar refractivity (Wildman–Crippen MR) is 150 cm³/mol. The Morgan fingerprint density at radius 3 is 2.71 bits per heavy atom. The molecule has 0 fully saturated rings. The molecular weight excluding hydrogens is 430 g/mol. The van der Waals surface area contributed by atoms with Crippen molar-refractivity contribution in [2.75, 3.05) is 6.54 Å². The van der Waals surface area contributed by atoms with Crippen molar-refractivity contribution in [2.45, 2.75) is 92.9 Å². The minimum atomic E-state index is -0.0492. The zero-order valence-corrected chi connectivity index (χ0v) is 22.8. The van der Waals surface area contributed by atoms with Crippen molar-refractivity contribution in [3.63, 3.8) is 0 Å². The molecule has 2 aromatic rings. The fourth-order valence-electron chi connectivity index (χ4n) is 5.17. The molecule has 1 unspecified atom stereocenters. The van der Waals surface area contributed by atoms with E-state index in [1.165, 1.54) is 49.7 Å². The molecule has 0 saturated carbocycles. The van der Waals surface area contributed by atoms with Crippen molar-refractivity contribution in [3.05, 3.63) is 64.5 Å². The zero-order chi connectivity index (χ0) is 25.4. The van der Waals surface area contributed by atoms with Crippen LogP contribution in [-0.2, 0) is 0 Å². The molecule has 1 aliphatic rings. The first-order chi connectivity index (χ1) is 16.7. The molecule has 0 saturated heterocycles. The molecule has 3 rings (SSSR count). The number of carbonyl (C=O) groups excluding carboxylic acids is 1. The molecule has 1 amide bonds. The number of nitrogens with one attached hydrogen (secondary N) is 1. The summed E-state index contributed by atoms with van der Waals surface area (Å²) in [6.45, 7) is 14.3. The number of benzene rings is 1. The van der Waals surface area contributed by atoms with Gasteiger partial charge in [-0.2, -0.15) is 0 Å². The largest absolute Gasteiger partial charge is 0.456 e. The Kier molecular flexibility index (Phi) is 9.60. The van der Waals surface area contributed by atoms with Crippen LogP contribution in [0.5, 0.6) is 0 Å². The first kappa shape index (κ1) is 27.0. The molecule has 1 aromatic carbocycles. The Bertz CT molecular complexity index is 1100. The Labute approximate surface area is 212 Å². The Morgan fingerprint density at radius 1 is 1.20 bits per heavy atom. The van der Waals surface area contributed by atoms with E-state index in [9.17, 15) is 4.79 Å². The molecule has 1 aromatic heterocycles. The molecule has 3 heteroatoms. The van der Waals surface area contributed by atoms with Crippen molar-refractivity contribution >= 4 is 23.0 Å². The van der Waals surface area contributed by atoms with Crippen LogP contribution in [0.1, 0.15) is 109 Å². The van der Waals surface area contributed by atoms with Crippen LogP contribution in [0.2, 0.25) is 0 Å². The number of carbonyl (C=O) groups is 1. The van der Waals surface area contributed by atoms with E-state index in [4.69, 9.17) is 4.42 Å². The second-order valence-corrected chi connectivity index (χ2v) is 11.1. The highest BCUT2D eigenvalue weighted by Crippen LogP contribution is 2.41. The lowest BCUT2D eigenvalue weighted by Gasteiger charge is -2.32. The van der Waals surface area contributed by atoms with Gasteiger partial charge in [0.25, 0.3) is 5.91 Å². The van der Waals surface area contributed by atoms with E-state index < -0.39 is 0 Å². The van der Waals surface area contributed by atoms with Crippen LogP contribution in [0.25, 0.3) is 17.0 Å². The van der Waals surface area contributed by atoms with Gasteiger partial charge in [-0.15, -0.1) is 0 Å². The number of hydrogen-bond donors (Lipinski definition) is 1. The molecule has 35 heavy (non-hydrogen) atoms. The molecule has 0 spiro atoms. The van der Waals surface area contributed by atoms with E-state index in [-0.39, 0.29) is 11.3 Å². The fraction of sp³-hybridized carbons (Fsp3) is 0.531. The number of unbranched alkanes of at least 4 members (excludes halogenated alkanes) is 2. The van der Waals surface area contributed by atoms with E-state index in [2.05, 4.69) is 59.0 Å². The lowest BCUT2D eigenvalue weighted by Crippen LogP contribution is -2.24. The van der Waals surface area contributed by atoms with E-state index in [1.54, 1.807) is 0 Å². The van der Waals surface area contributed by atoms with Crippen LogP contribution in [0.3, 0.4) is 0 Å². The third-order valence-electron chi connectivity index (χ3n) is 7.62. The number of rotatable bonds is 11. The topological polar surface area (TPSA) is 42.2 Å². The smallest absolute Gasteiger partial charge is 0.255 e. The second-order valence-electron chi connectivity index (χ2n) is 11.1. The van der Waals surface area contributed by atoms with Crippen molar-refractivity contribution in [2.24, 2.45) is 11.3 Å². The third kappa shape index (κ3) is 7.22. The third-order valence-corrected chi connectivity index (χ3v) is 7.62. The summed E-state index contributed by atoms with van der Waals surface area (Å²) in [4.78, 5) is 13.2. The zero-order valence-electron chi connectivity index (χ0n) is 22.8. The average Bonchev–Trinajstić information content (AvgIpc) is 3.17. The fourth-order valence-corrected chi connectivity index (χ4v) is 5.17. The number of fused-ring (bicyclic) bond motifs is 1. The van der Waals surface area contributed by atoms with Crippen LogP contribution in [0, 0.1) is 11.3 Å². The minimum absolute atomic E-state index is 0.0492. The van der Waals surface area contributed by atoms with Gasteiger partial charge in [-0.3, -0.25) is 4.79 Å². The molecular formula is C32H45NO2. The summed E-state index contributed by atoms with van der Waals surface area (Å²) in [5.41, 5.74) is 5.59. The summed E-state index contributed by atoms with van der Waals surface area (Å²) in [5, 5.41) is 4.01. The maximum absolute atomic E-state index is 13.2. The summed E-state index contributed by atoms with van der Waals surface area (Å²) >= 11 is 0. The quantitative estimate of drug-likeness (QED) is 0.260. The van der Waals surface area contributed by atoms with Gasteiger partial charge in [-0.1, -0.05) is 89.3 Å². The SMILES string of the molecule is CCC(C)CCCCCNC(=O)c1c(C=C(C)C=CC2=C(C)CCCC2(C)C)oc2ccccc12. The molecule has 0 aliphatic heterocycles. The number of para-hydroxylation sites is 1. The number of hydrogen-bond acceptors (Lipinski definition) is 2. The van der Waals surface area contributed by atoms with Crippen LogP contribution in [0.4, 0.5) is 0 Å². The molecule has 1 heterocycles. The van der Waals surface area contributed by atoms with E-state index in [0.717, 1.165) is 35.3 Å². The molecule has 3 nitrogen and oxygen atoms in total. The van der Waals surface area contributed by atoms with Gasteiger partial charge in [0.15, 0.2) is 0 Å². The number of allylic oxidation sites excluding steroid dienone is 5. The van der Waals surface area contributed by atoms with Gasteiger partial charge in [0.1, 0.15) is 11.3 Å². The van der Waals surface area contributed by atoms with Crippen molar-refractivity contribution in [3.8, 4) is 0 Å². The lowest BCUT2D eigenvalue weighted by atomic mass is 9.72. The van der Waals surface area contributed by atoms with E-state index in [0.29, 0.717) is 17.9 Å². The summed E-state index contributed by atoms with van der Waals surface area (Å²) in [6, 6.07) is 7.82. The highest BCUT2D eigenvalue weighted by Gasteiger charge is 2.26. The van der Waals surface area contributed by atoms with Gasteiger partial charge in [-0.25, -0.2) is 0 Å². The predicted octanol–water partition coefficient (Wildman–Crippen LogP) is 9.26. The molecule has 190 valence electrons. The van der Waals surface area contributed by atoms with Crippen molar-refractivity contribution in [1.82, 2.24) is 5.32 Å². The highest BCUT2D eigenvalue weighted by molar-refractivity contribution is 6.08. The first-order valence-corrected chi connectivity index (χ1v) is 13.6. The maximum atomic E-state index is 13.2. The highest BCUT2D eigenvalue weighted by atomic mass is 16.3. The second kappa shape index (κ2) is 12.4. The Morgan fingerprint density at radius 2 is 1.97 bits per heavy atom. The number of furan rings is 1. The van der Waals surface area contributed by atoms with Gasteiger partial charge in [0, 0.05) is 11.9 Å². The standard InChI is InChI=1S/C32H45NO2/c1-7-23(2)14-9-8-12-21-33-31(34)30-26-16-10-11-17-28(26)35-29(30)22-24(3)18-19-27-25(4)15-13-20-32(27,5)6/h10-11,16-19,22-23H,7-9,12-15,20-21H2,1-6H3,(H,33,34). The summed E-state index contributed by atoms with van der Waals surface area (Å²) in [5.74, 6) is 1.38. The van der Waals surface area contributed by atoms with Crippen LogP contribution >= 0.6 is 0 Å². The molecule has 0 bridgehead atoms. The molecule has 0 radical (unpaired) electrons. The monoisotopic (exact) mass is 475 g/mol. The first-order valence-electron chi connectivity index (χ1n) is 13.6. The lowest BCUT2D eigenvalue weighted by molar-refractivity contribution is 0.0953. The van der Waals surface area contributed by atoms with Gasteiger partial charge >= 0.3 is 0 Å². The van der Waals surface area contributed by atoms with Crippen molar-refractivity contribution in [1.29, 1.82) is 0 Å².